The van der Waals surface area contributed by atoms with Crippen LogP contribution in [-0.4, -0.2) is 33.6 Å². The number of carboxylic acids is 1. The smallest absolute Gasteiger partial charge is 0.335 e. The molecule has 6 nitrogen and oxygen atoms in total. The lowest BCUT2D eigenvalue weighted by Crippen LogP contribution is -2.29. The van der Waals surface area contributed by atoms with E-state index in [1.54, 1.807) is 18.2 Å². The van der Waals surface area contributed by atoms with Crippen molar-refractivity contribution in [3.63, 3.8) is 0 Å². The van der Waals surface area contributed by atoms with Crippen LogP contribution in [0.4, 0.5) is 5.69 Å². The maximum absolute atomic E-state index is 13.0. The van der Waals surface area contributed by atoms with Crippen molar-refractivity contribution in [1.82, 2.24) is 4.90 Å². The van der Waals surface area contributed by atoms with E-state index in [4.69, 9.17) is 4.74 Å². The predicted molar refractivity (Wildman–Crippen MR) is 140 cm³/mol. The third kappa shape index (κ3) is 6.07. The van der Waals surface area contributed by atoms with Crippen LogP contribution in [0.25, 0.3) is 6.08 Å². The lowest BCUT2D eigenvalue weighted by atomic mass is 10.1. The van der Waals surface area contributed by atoms with E-state index >= 15 is 0 Å². The second-order valence-electron chi connectivity index (χ2n) is 7.91. The summed E-state index contributed by atoms with van der Waals surface area (Å²) in [6.07, 6.45) is 3.44. The van der Waals surface area contributed by atoms with E-state index in [1.165, 1.54) is 34.4 Å². The quantitative estimate of drug-likeness (QED) is 0.310. The zero-order valence-corrected chi connectivity index (χ0v) is 20.0. The van der Waals surface area contributed by atoms with E-state index in [-0.39, 0.29) is 11.5 Å². The Labute approximate surface area is 208 Å². The van der Waals surface area contributed by atoms with Crippen LogP contribution in [0.5, 0.6) is 5.75 Å². The topological polar surface area (TPSA) is 79.2 Å². The Morgan fingerprint density at radius 2 is 1.86 bits per heavy atom. The molecule has 0 aliphatic carbocycles. The van der Waals surface area contributed by atoms with Gasteiger partial charge in [-0.15, -0.1) is 6.58 Å². The summed E-state index contributed by atoms with van der Waals surface area (Å²) in [4.78, 5) is 30.9. The average molecular weight is 485 g/mol. The number of aryl methyl sites for hydroxylation is 1. The molecule has 3 aromatic rings. The maximum atomic E-state index is 13.0. The third-order valence-electron chi connectivity index (χ3n) is 5.22. The molecule has 1 heterocycles. The van der Waals surface area contributed by atoms with Crippen LogP contribution in [0.1, 0.15) is 27.0 Å². The van der Waals surface area contributed by atoms with Crippen LogP contribution in [0.2, 0.25) is 0 Å². The molecule has 1 saturated heterocycles. The van der Waals surface area contributed by atoms with Crippen LogP contribution in [0.3, 0.4) is 0 Å². The summed E-state index contributed by atoms with van der Waals surface area (Å²) < 4.78 is 5.86. The number of aromatic carboxylic acids is 1. The Hall–Kier alpha value is -4.10. The number of hydrogen-bond acceptors (Lipinski definition) is 5. The minimum atomic E-state index is -1.03. The number of rotatable bonds is 8. The molecule has 0 bridgehead atoms. The van der Waals surface area contributed by atoms with Crippen molar-refractivity contribution < 1.29 is 19.4 Å². The first-order chi connectivity index (χ1) is 16.9. The first-order valence-electron chi connectivity index (χ1n) is 11.0. The van der Waals surface area contributed by atoms with Gasteiger partial charge in [0.25, 0.3) is 5.91 Å². The van der Waals surface area contributed by atoms with E-state index in [2.05, 4.69) is 23.7 Å². The van der Waals surface area contributed by atoms with Gasteiger partial charge in [0.1, 0.15) is 12.4 Å². The number of ether oxygens (including phenoxy) is 1. The Morgan fingerprint density at radius 1 is 1.11 bits per heavy atom. The summed E-state index contributed by atoms with van der Waals surface area (Å²) in [5.41, 5.74) is 3.76. The minimum Gasteiger partial charge on any atom is -0.489 e. The molecule has 0 spiro atoms. The predicted octanol–water partition coefficient (Wildman–Crippen LogP) is 6.06. The van der Waals surface area contributed by atoms with Gasteiger partial charge < -0.3 is 9.84 Å². The van der Waals surface area contributed by atoms with Gasteiger partial charge in [-0.3, -0.25) is 9.69 Å². The molecular formula is C28H24N2O4S. The number of thioether (sulfide) groups is 1. The second-order valence-corrected chi connectivity index (χ2v) is 8.92. The van der Waals surface area contributed by atoms with E-state index in [1.807, 2.05) is 49.4 Å². The van der Waals surface area contributed by atoms with E-state index in [0.29, 0.717) is 28.9 Å². The van der Waals surface area contributed by atoms with Crippen molar-refractivity contribution in [3.05, 3.63) is 113 Å². The normalized spacial score (nSPS) is 15.6. The molecule has 0 radical (unpaired) electrons. The van der Waals surface area contributed by atoms with Crippen molar-refractivity contribution >= 4 is 40.6 Å². The van der Waals surface area contributed by atoms with E-state index in [9.17, 15) is 14.7 Å². The van der Waals surface area contributed by atoms with Crippen molar-refractivity contribution in [3.8, 4) is 5.75 Å². The van der Waals surface area contributed by atoms with Crippen molar-refractivity contribution in [1.29, 1.82) is 0 Å². The summed E-state index contributed by atoms with van der Waals surface area (Å²) in [6, 6.07) is 22.0. The van der Waals surface area contributed by atoms with E-state index < -0.39 is 5.97 Å². The van der Waals surface area contributed by atoms with Crippen LogP contribution < -0.4 is 4.74 Å². The number of amidine groups is 1. The first kappa shape index (κ1) is 24.0. The highest BCUT2D eigenvalue weighted by atomic mass is 32.2. The number of amides is 1. The number of aliphatic imine (C=N–C) groups is 1. The molecule has 3 aromatic carbocycles. The Morgan fingerprint density at radius 3 is 2.54 bits per heavy atom. The van der Waals surface area contributed by atoms with E-state index in [0.717, 1.165) is 16.9 Å². The SMILES string of the molecule is C=CCN1C(=O)/C(=C/c2ccc(OCc3ccc(C)cc3)cc2)SC1=Nc1cccc(C(=O)O)c1. The summed E-state index contributed by atoms with van der Waals surface area (Å²) in [5.74, 6) is -0.466. The number of carbonyl (C=O) groups is 2. The molecule has 7 heteroatoms. The number of nitrogens with zero attached hydrogens (tertiary/aromatic N) is 2. The largest absolute Gasteiger partial charge is 0.489 e. The Kier molecular flexibility index (Phi) is 7.48. The summed E-state index contributed by atoms with van der Waals surface area (Å²) in [7, 11) is 0. The Bertz CT molecular complexity index is 1310. The minimum absolute atomic E-state index is 0.136. The van der Waals surface area contributed by atoms with Gasteiger partial charge in [0.2, 0.25) is 0 Å². The molecule has 0 atom stereocenters. The van der Waals surface area contributed by atoms with Crippen molar-refractivity contribution in [2.45, 2.75) is 13.5 Å². The summed E-state index contributed by atoms with van der Waals surface area (Å²) >= 11 is 1.24. The summed E-state index contributed by atoms with van der Waals surface area (Å²) in [5, 5.41) is 9.70. The highest BCUT2D eigenvalue weighted by molar-refractivity contribution is 8.18. The fraction of sp³-hybridized carbons (Fsp3) is 0.107. The van der Waals surface area contributed by atoms with Gasteiger partial charge in [-0.1, -0.05) is 54.1 Å². The fourth-order valence-corrected chi connectivity index (χ4v) is 4.37. The van der Waals surface area contributed by atoms with Crippen molar-refractivity contribution in [2.24, 2.45) is 4.99 Å². The molecule has 1 aliphatic rings. The molecule has 35 heavy (non-hydrogen) atoms. The number of benzene rings is 3. The van der Waals surface area contributed by atoms with Crippen LogP contribution in [-0.2, 0) is 11.4 Å². The van der Waals surface area contributed by atoms with Gasteiger partial charge in [0, 0.05) is 6.54 Å². The van der Waals surface area contributed by atoms with Crippen LogP contribution >= 0.6 is 11.8 Å². The van der Waals surface area contributed by atoms with Crippen molar-refractivity contribution in [2.75, 3.05) is 6.54 Å². The lowest BCUT2D eigenvalue weighted by Gasteiger charge is -2.12. The number of hydrogen-bond donors (Lipinski definition) is 1. The van der Waals surface area contributed by atoms with Gasteiger partial charge in [0.05, 0.1) is 16.2 Å². The highest BCUT2D eigenvalue weighted by Crippen LogP contribution is 2.34. The molecule has 176 valence electrons. The monoisotopic (exact) mass is 484 g/mol. The zero-order valence-electron chi connectivity index (χ0n) is 19.2. The second kappa shape index (κ2) is 10.9. The van der Waals surface area contributed by atoms with Gasteiger partial charge >= 0.3 is 5.97 Å². The third-order valence-corrected chi connectivity index (χ3v) is 6.23. The molecule has 0 unspecified atom stereocenters. The highest BCUT2D eigenvalue weighted by Gasteiger charge is 2.32. The Balaban J connectivity index is 1.50. The molecule has 1 fully saturated rings. The molecular weight excluding hydrogens is 460 g/mol. The fourth-order valence-electron chi connectivity index (χ4n) is 3.36. The standard InChI is InChI=1S/C28H24N2O4S/c1-3-15-30-26(31)25(35-28(30)29-23-6-4-5-22(17-23)27(32)33)16-20-11-13-24(14-12-20)34-18-21-9-7-19(2)8-10-21/h3-14,16-17H,1,15,18H2,2H3,(H,32,33)/b25-16-,29-28?. The van der Waals surface area contributed by atoms with Gasteiger partial charge in [-0.2, -0.15) is 0 Å². The number of carbonyl (C=O) groups excluding carboxylic acids is 1. The van der Waals surface area contributed by atoms with Crippen LogP contribution in [0.15, 0.2) is 95.3 Å². The molecule has 0 aromatic heterocycles. The van der Waals surface area contributed by atoms with Gasteiger partial charge in [0.15, 0.2) is 5.17 Å². The molecule has 4 rings (SSSR count). The average Bonchev–Trinajstić information content (AvgIpc) is 3.14. The summed E-state index contributed by atoms with van der Waals surface area (Å²) in [6.45, 7) is 6.56. The number of carboxylic acid groups (broad SMARTS) is 1. The van der Waals surface area contributed by atoms with Gasteiger partial charge in [-0.25, -0.2) is 9.79 Å². The zero-order chi connectivity index (χ0) is 24.8. The molecule has 1 N–H and O–H groups in total. The molecule has 1 amide bonds. The van der Waals surface area contributed by atoms with Gasteiger partial charge in [-0.05, 0) is 66.2 Å². The molecule has 1 aliphatic heterocycles. The lowest BCUT2D eigenvalue weighted by molar-refractivity contribution is -0.121. The molecule has 0 saturated carbocycles. The maximum Gasteiger partial charge on any atom is 0.335 e. The first-order valence-corrected chi connectivity index (χ1v) is 11.8. The van der Waals surface area contributed by atoms with Crippen LogP contribution in [0, 0.1) is 6.92 Å².